The van der Waals surface area contributed by atoms with E-state index in [9.17, 15) is 4.79 Å². The van der Waals surface area contributed by atoms with Gasteiger partial charge in [-0.15, -0.1) is 0 Å². The maximum Gasteiger partial charge on any atom is 0.243 e. The van der Waals surface area contributed by atoms with Crippen molar-refractivity contribution >= 4 is 21.8 Å². The SMILES string of the molecule is C=CC(=O)NCc1coc(Br)c1. The summed E-state index contributed by atoms with van der Waals surface area (Å²) in [4.78, 5) is 10.7. The van der Waals surface area contributed by atoms with E-state index in [1.807, 2.05) is 0 Å². The van der Waals surface area contributed by atoms with Crippen LogP contribution in [0.1, 0.15) is 5.56 Å². The molecule has 0 atom stereocenters. The predicted molar refractivity (Wildman–Crippen MR) is 48.5 cm³/mol. The van der Waals surface area contributed by atoms with Crippen LogP contribution >= 0.6 is 15.9 Å². The van der Waals surface area contributed by atoms with Crippen LogP contribution < -0.4 is 5.32 Å². The molecule has 1 aromatic rings. The van der Waals surface area contributed by atoms with Crippen molar-refractivity contribution in [2.45, 2.75) is 6.54 Å². The molecule has 12 heavy (non-hydrogen) atoms. The van der Waals surface area contributed by atoms with Crippen LogP contribution in [0.15, 0.2) is 34.1 Å². The van der Waals surface area contributed by atoms with Gasteiger partial charge in [0.15, 0.2) is 4.67 Å². The molecule has 0 aliphatic heterocycles. The molecule has 0 spiro atoms. The summed E-state index contributed by atoms with van der Waals surface area (Å²) in [6.45, 7) is 3.79. The number of rotatable bonds is 3. The third-order valence-corrected chi connectivity index (χ3v) is 1.69. The Morgan fingerprint density at radius 1 is 1.83 bits per heavy atom. The van der Waals surface area contributed by atoms with Crippen LogP contribution in [-0.4, -0.2) is 5.91 Å². The van der Waals surface area contributed by atoms with Crippen LogP contribution in [-0.2, 0) is 11.3 Å². The molecule has 0 radical (unpaired) electrons. The highest BCUT2D eigenvalue weighted by atomic mass is 79.9. The number of carbonyl (C=O) groups is 1. The van der Waals surface area contributed by atoms with Crippen LogP contribution in [0.4, 0.5) is 0 Å². The molecule has 1 N–H and O–H groups in total. The second kappa shape index (κ2) is 4.11. The predicted octanol–water partition coefficient (Wildman–Crippen LogP) is 1.84. The van der Waals surface area contributed by atoms with Crippen molar-refractivity contribution in [3.05, 3.63) is 35.2 Å². The summed E-state index contributed by atoms with van der Waals surface area (Å²) in [5.74, 6) is -0.188. The molecule has 0 fully saturated rings. The van der Waals surface area contributed by atoms with E-state index in [4.69, 9.17) is 4.42 Å². The minimum absolute atomic E-state index is 0.188. The highest BCUT2D eigenvalue weighted by molar-refractivity contribution is 9.10. The monoisotopic (exact) mass is 229 g/mol. The molecule has 0 aliphatic rings. The first-order valence-corrected chi connectivity index (χ1v) is 4.15. The van der Waals surface area contributed by atoms with Gasteiger partial charge >= 0.3 is 0 Å². The van der Waals surface area contributed by atoms with Crippen molar-refractivity contribution < 1.29 is 9.21 Å². The number of nitrogens with one attached hydrogen (secondary N) is 1. The van der Waals surface area contributed by atoms with Crippen molar-refractivity contribution in [2.24, 2.45) is 0 Å². The molecule has 4 heteroatoms. The Hall–Kier alpha value is -1.03. The number of carbonyl (C=O) groups excluding carboxylic acids is 1. The molecule has 0 saturated heterocycles. The molecule has 1 rings (SSSR count). The van der Waals surface area contributed by atoms with Gasteiger partial charge in [0.25, 0.3) is 0 Å². The Labute approximate surface area is 78.6 Å². The maximum atomic E-state index is 10.7. The Kier molecular flexibility index (Phi) is 3.10. The molecule has 1 aromatic heterocycles. The lowest BCUT2D eigenvalue weighted by atomic mass is 10.3. The topological polar surface area (TPSA) is 42.2 Å². The number of furan rings is 1. The Morgan fingerprint density at radius 3 is 3.08 bits per heavy atom. The van der Waals surface area contributed by atoms with Crippen molar-refractivity contribution in [1.82, 2.24) is 5.32 Å². The second-order valence-corrected chi connectivity index (χ2v) is 2.96. The minimum Gasteiger partial charge on any atom is -0.457 e. The van der Waals surface area contributed by atoms with Gasteiger partial charge in [0, 0.05) is 12.1 Å². The van der Waals surface area contributed by atoms with Gasteiger partial charge in [-0.05, 0) is 28.1 Å². The minimum atomic E-state index is -0.188. The summed E-state index contributed by atoms with van der Waals surface area (Å²) in [7, 11) is 0. The number of hydrogen-bond donors (Lipinski definition) is 1. The summed E-state index contributed by atoms with van der Waals surface area (Å²) in [6.07, 6.45) is 2.81. The molecule has 1 amide bonds. The third-order valence-electron chi connectivity index (χ3n) is 1.27. The van der Waals surface area contributed by atoms with E-state index in [0.29, 0.717) is 11.2 Å². The van der Waals surface area contributed by atoms with Gasteiger partial charge in [-0.2, -0.15) is 0 Å². The third kappa shape index (κ3) is 2.54. The normalized spacial score (nSPS) is 9.42. The van der Waals surface area contributed by atoms with Crippen LogP contribution in [0.3, 0.4) is 0 Å². The zero-order chi connectivity index (χ0) is 8.97. The van der Waals surface area contributed by atoms with Gasteiger partial charge in [0.2, 0.25) is 5.91 Å². The first-order chi connectivity index (χ1) is 5.72. The largest absolute Gasteiger partial charge is 0.457 e. The number of halogens is 1. The molecule has 1 heterocycles. The van der Waals surface area contributed by atoms with Gasteiger partial charge in [0.1, 0.15) is 0 Å². The van der Waals surface area contributed by atoms with Gasteiger partial charge in [-0.25, -0.2) is 0 Å². The Balaban J connectivity index is 2.43. The molecule has 0 aliphatic carbocycles. The maximum absolute atomic E-state index is 10.7. The highest BCUT2D eigenvalue weighted by Crippen LogP contribution is 2.13. The van der Waals surface area contributed by atoms with Crippen molar-refractivity contribution in [3.8, 4) is 0 Å². The fraction of sp³-hybridized carbons (Fsp3) is 0.125. The lowest BCUT2D eigenvalue weighted by molar-refractivity contribution is -0.116. The van der Waals surface area contributed by atoms with E-state index in [0.717, 1.165) is 5.56 Å². The zero-order valence-electron chi connectivity index (χ0n) is 6.34. The quantitative estimate of drug-likeness (QED) is 0.805. The average molecular weight is 230 g/mol. The molecular weight excluding hydrogens is 222 g/mol. The fourth-order valence-electron chi connectivity index (χ4n) is 0.700. The van der Waals surface area contributed by atoms with E-state index in [1.165, 1.54) is 6.08 Å². The van der Waals surface area contributed by atoms with Crippen molar-refractivity contribution in [2.75, 3.05) is 0 Å². The van der Waals surface area contributed by atoms with Gasteiger partial charge in [0.05, 0.1) is 6.26 Å². The van der Waals surface area contributed by atoms with E-state index in [-0.39, 0.29) is 5.91 Å². The van der Waals surface area contributed by atoms with Crippen LogP contribution in [0.25, 0.3) is 0 Å². The lowest BCUT2D eigenvalue weighted by Gasteiger charge is -1.96. The van der Waals surface area contributed by atoms with Crippen LogP contribution in [0, 0.1) is 0 Å². The molecule has 0 bridgehead atoms. The van der Waals surface area contributed by atoms with E-state index < -0.39 is 0 Å². The number of amides is 1. The summed E-state index contributed by atoms with van der Waals surface area (Å²) in [5, 5.41) is 2.62. The summed E-state index contributed by atoms with van der Waals surface area (Å²) in [6, 6.07) is 1.80. The first kappa shape index (κ1) is 9.06. The van der Waals surface area contributed by atoms with E-state index in [2.05, 4.69) is 27.8 Å². The van der Waals surface area contributed by atoms with E-state index in [1.54, 1.807) is 12.3 Å². The number of hydrogen-bond acceptors (Lipinski definition) is 2. The standard InChI is InChI=1S/C8H8BrNO2/c1-2-8(11)10-4-6-3-7(9)12-5-6/h2-3,5H,1,4H2,(H,10,11). The zero-order valence-corrected chi connectivity index (χ0v) is 7.93. The highest BCUT2D eigenvalue weighted by Gasteiger charge is 1.99. The van der Waals surface area contributed by atoms with Crippen molar-refractivity contribution in [3.63, 3.8) is 0 Å². The molecule has 64 valence electrons. The summed E-state index contributed by atoms with van der Waals surface area (Å²) in [5.41, 5.74) is 0.914. The van der Waals surface area contributed by atoms with Crippen LogP contribution in [0.5, 0.6) is 0 Å². The molecule has 3 nitrogen and oxygen atoms in total. The molecular formula is C8H8BrNO2. The van der Waals surface area contributed by atoms with Gasteiger partial charge in [-0.1, -0.05) is 6.58 Å². The fourth-order valence-corrected chi connectivity index (χ4v) is 1.09. The lowest BCUT2D eigenvalue weighted by Crippen LogP contribution is -2.19. The molecule has 0 saturated carbocycles. The van der Waals surface area contributed by atoms with Crippen LogP contribution in [0.2, 0.25) is 0 Å². The molecule has 0 unspecified atom stereocenters. The van der Waals surface area contributed by atoms with Gasteiger partial charge in [-0.3, -0.25) is 4.79 Å². The van der Waals surface area contributed by atoms with Crippen molar-refractivity contribution in [1.29, 1.82) is 0 Å². The van der Waals surface area contributed by atoms with Gasteiger partial charge < -0.3 is 9.73 Å². The Morgan fingerprint density at radius 2 is 2.58 bits per heavy atom. The molecule has 0 aromatic carbocycles. The summed E-state index contributed by atoms with van der Waals surface area (Å²) < 4.78 is 5.63. The smallest absolute Gasteiger partial charge is 0.243 e. The first-order valence-electron chi connectivity index (χ1n) is 3.35. The van der Waals surface area contributed by atoms with E-state index >= 15 is 0 Å². The average Bonchev–Trinajstić information content (AvgIpc) is 2.47. The summed E-state index contributed by atoms with van der Waals surface area (Å²) >= 11 is 3.16. The Bertz CT molecular complexity index is 293. The second-order valence-electron chi connectivity index (χ2n) is 2.18.